The number of hydrogen-bond acceptors (Lipinski definition) is 6. The van der Waals surface area contributed by atoms with Gasteiger partial charge >= 0.3 is 0 Å². The number of aromatic amines is 1. The number of pyridine rings is 1. The van der Waals surface area contributed by atoms with Crippen LogP contribution in [0.3, 0.4) is 0 Å². The van der Waals surface area contributed by atoms with Crippen LogP contribution >= 0.6 is 0 Å². The molecular formula is C17H20N6O. The van der Waals surface area contributed by atoms with E-state index >= 15 is 0 Å². The summed E-state index contributed by atoms with van der Waals surface area (Å²) >= 11 is 0. The van der Waals surface area contributed by atoms with Crippen molar-refractivity contribution >= 4 is 5.82 Å². The van der Waals surface area contributed by atoms with E-state index in [1.165, 1.54) is 12.8 Å². The Morgan fingerprint density at radius 2 is 2.25 bits per heavy atom. The number of nitrogens with zero attached hydrogens (tertiary/aromatic N) is 4. The molecule has 0 unspecified atom stereocenters. The zero-order valence-electron chi connectivity index (χ0n) is 13.6. The summed E-state index contributed by atoms with van der Waals surface area (Å²) in [5, 5.41) is 19.8. The number of rotatable bonds is 5. The fourth-order valence-corrected chi connectivity index (χ4v) is 3.06. The highest BCUT2D eigenvalue weighted by Crippen LogP contribution is 2.39. The zero-order valence-corrected chi connectivity index (χ0v) is 13.6. The highest BCUT2D eigenvalue weighted by molar-refractivity contribution is 5.55. The van der Waals surface area contributed by atoms with E-state index in [1.54, 1.807) is 6.20 Å². The average molecular weight is 324 g/mol. The number of aromatic nitrogens is 4. The van der Waals surface area contributed by atoms with Crippen LogP contribution in [0.2, 0.25) is 0 Å². The third-order valence-corrected chi connectivity index (χ3v) is 4.64. The van der Waals surface area contributed by atoms with E-state index in [1.807, 2.05) is 13.0 Å². The number of nitriles is 1. The van der Waals surface area contributed by atoms with Gasteiger partial charge in [-0.05, 0) is 44.2 Å². The largest absolute Gasteiger partial charge is 0.366 e. The van der Waals surface area contributed by atoms with Gasteiger partial charge in [0.25, 0.3) is 0 Å². The lowest BCUT2D eigenvalue weighted by Gasteiger charge is -2.14. The van der Waals surface area contributed by atoms with Crippen LogP contribution in [0.5, 0.6) is 0 Å². The number of nitrogens with one attached hydrogen (secondary N) is 2. The van der Waals surface area contributed by atoms with Crippen LogP contribution in [0.1, 0.15) is 60.5 Å². The van der Waals surface area contributed by atoms with Crippen LogP contribution in [0.15, 0.2) is 12.3 Å². The van der Waals surface area contributed by atoms with Crippen LogP contribution in [-0.4, -0.2) is 32.8 Å². The van der Waals surface area contributed by atoms with Crippen molar-refractivity contribution < 1.29 is 4.74 Å². The molecule has 1 aliphatic heterocycles. The lowest BCUT2D eigenvalue weighted by molar-refractivity contribution is 0.0471. The Morgan fingerprint density at radius 1 is 1.38 bits per heavy atom. The average Bonchev–Trinajstić information content (AvgIpc) is 3.13. The lowest BCUT2D eigenvalue weighted by Crippen LogP contribution is -2.20. The minimum absolute atomic E-state index is 0.0160. The summed E-state index contributed by atoms with van der Waals surface area (Å²) in [5.74, 6) is 2.94. The van der Waals surface area contributed by atoms with Crippen molar-refractivity contribution in [2.75, 3.05) is 11.9 Å². The molecule has 2 N–H and O–H groups in total. The molecule has 7 nitrogen and oxygen atoms in total. The Labute approximate surface area is 140 Å². The molecule has 0 radical (unpaired) electrons. The van der Waals surface area contributed by atoms with Crippen molar-refractivity contribution in [1.82, 2.24) is 20.2 Å². The first-order valence-electron chi connectivity index (χ1n) is 8.42. The van der Waals surface area contributed by atoms with Crippen LogP contribution in [0.4, 0.5) is 5.82 Å². The minimum atomic E-state index is -0.0160. The van der Waals surface area contributed by atoms with E-state index in [4.69, 9.17) is 4.74 Å². The van der Waals surface area contributed by atoms with Crippen molar-refractivity contribution in [1.29, 1.82) is 5.26 Å². The summed E-state index contributed by atoms with van der Waals surface area (Å²) in [5.41, 5.74) is 1.52. The predicted molar refractivity (Wildman–Crippen MR) is 87.4 cm³/mol. The van der Waals surface area contributed by atoms with Crippen LogP contribution in [0, 0.1) is 18.3 Å². The first kappa shape index (κ1) is 15.1. The Hall–Kier alpha value is -2.46. The van der Waals surface area contributed by atoms with Gasteiger partial charge in [-0.25, -0.2) is 9.97 Å². The van der Waals surface area contributed by atoms with Crippen molar-refractivity contribution in [2.24, 2.45) is 0 Å². The zero-order chi connectivity index (χ0) is 16.5. The van der Waals surface area contributed by atoms with Crippen molar-refractivity contribution in [3.8, 4) is 6.07 Å². The first-order valence-corrected chi connectivity index (χ1v) is 8.42. The molecule has 7 heteroatoms. The first-order chi connectivity index (χ1) is 11.7. The van der Waals surface area contributed by atoms with Crippen LogP contribution in [-0.2, 0) is 4.74 Å². The molecule has 2 aliphatic rings. The third-order valence-electron chi connectivity index (χ3n) is 4.64. The molecule has 3 heterocycles. The molecule has 0 aromatic carbocycles. The maximum Gasteiger partial charge on any atom is 0.153 e. The fraction of sp³-hybridized carbons (Fsp3) is 0.529. The molecule has 4 rings (SSSR count). The van der Waals surface area contributed by atoms with Crippen LogP contribution in [0.25, 0.3) is 0 Å². The van der Waals surface area contributed by atoms with E-state index in [9.17, 15) is 5.26 Å². The van der Waals surface area contributed by atoms with E-state index in [-0.39, 0.29) is 12.2 Å². The molecule has 0 spiro atoms. The van der Waals surface area contributed by atoms with Crippen molar-refractivity contribution in [3.63, 3.8) is 0 Å². The molecule has 2 aromatic heterocycles. The van der Waals surface area contributed by atoms with Gasteiger partial charge < -0.3 is 10.1 Å². The van der Waals surface area contributed by atoms with Gasteiger partial charge in [0.05, 0.1) is 11.7 Å². The monoisotopic (exact) mass is 324 g/mol. The lowest BCUT2D eigenvalue weighted by atomic mass is 10.1. The summed E-state index contributed by atoms with van der Waals surface area (Å²) in [7, 11) is 0. The minimum Gasteiger partial charge on any atom is -0.366 e. The van der Waals surface area contributed by atoms with E-state index < -0.39 is 0 Å². The Morgan fingerprint density at radius 3 is 3.04 bits per heavy atom. The second kappa shape index (κ2) is 6.21. The number of H-pyrrole nitrogens is 1. The van der Waals surface area contributed by atoms with E-state index in [0.29, 0.717) is 23.8 Å². The molecule has 1 saturated heterocycles. The molecule has 2 fully saturated rings. The molecule has 1 aliphatic carbocycles. The Bertz CT molecular complexity index is 776. The van der Waals surface area contributed by atoms with Gasteiger partial charge in [-0.15, -0.1) is 0 Å². The maximum atomic E-state index is 9.25. The van der Waals surface area contributed by atoms with Gasteiger partial charge in [-0.3, -0.25) is 5.10 Å². The summed E-state index contributed by atoms with van der Waals surface area (Å²) in [4.78, 5) is 8.84. The highest BCUT2D eigenvalue weighted by Gasteiger charge is 2.32. The summed E-state index contributed by atoms with van der Waals surface area (Å²) in [6.45, 7) is 2.54. The van der Waals surface area contributed by atoms with Gasteiger partial charge in [0.2, 0.25) is 0 Å². The Kier molecular flexibility index (Phi) is 3.90. The normalized spacial score (nSPS) is 23.2. The second-order valence-electron chi connectivity index (χ2n) is 6.52. The maximum absolute atomic E-state index is 9.25. The van der Waals surface area contributed by atoms with Crippen molar-refractivity contribution in [2.45, 2.75) is 50.7 Å². The summed E-state index contributed by atoms with van der Waals surface area (Å²) in [6.07, 6.45) is 6.05. The van der Waals surface area contributed by atoms with Crippen LogP contribution < -0.4 is 5.32 Å². The van der Waals surface area contributed by atoms with Gasteiger partial charge in [0.1, 0.15) is 18.0 Å². The Balaban J connectivity index is 1.35. The topological polar surface area (TPSA) is 99.5 Å². The van der Waals surface area contributed by atoms with Crippen molar-refractivity contribution in [3.05, 3.63) is 35.0 Å². The smallest absolute Gasteiger partial charge is 0.153 e. The number of anilines is 1. The molecular weight excluding hydrogens is 304 g/mol. The van der Waals surface area contributed by atoms with Gasteiger partial charge in [0.15, 0.2) is 11.6 Å². The van der Waals surface area contributed by atoms with Gasteiger partial charge in [-0.1, -0.05) is 0 Å². The highest BCUT2D eigenvalue weighted by atomic mass is 16.5. The molecule has 2 aromatic rings. The standard InChI is InChI=1S/C17H20N6O/c1-10-6-7-19-16(13(10)8-18)20-9-12-4-5-14(24-12)17-21-15(22-23-17)11-2-3-11/h6-7,11-12,14H,2-5,9H2,1H3,(H,19,20)(H,21,22,23)/t12-,14+/m1/s1. The van der Waals surface area contributed by atoms with E-state index in [0.717, 1.165) is 30.1 Å². The van der Waals surface area contributed by atoms with E-state index in [2.05, 4.69) is 31.6 Å². The number of aryl methyl sites for hydroxylation is 1. The van der Waals surface area contributed by atoms with Gasteiger partial charge in [-0.2, -0.15) is 10.4 Å². The fourth-order valence-electron chi connectivity index (χ4n) is 3.06. The molecule has 2 atom stereocenters. The molecule has 24 heavy (non-hydrogen) atoms. The number of ether oxygens (including phenoxy) is 1. The second-order valence-corrected chi connectivity index (χ2v) is 6.52. The molecule has 124 valence electrons. The molecule has 0 bridgehead atoms. The summed E-state index contributed by atoms with van der Waals surface area (Å²) in [6, 6.07) is 4.04. The predicted octanol–water partition coefficient (Wildman–Crippen LogP) is 2.59. The summed E-state index contributed by atoms with van der Waals surface area (Å²) < 4.78 is 6.08. The quantitative estimate of drug-likeness (QED) is 0.877. The molecule has 1 saturated carbocycles. The SMILES string of the molecule is Cc1ccnc(NC[C@H]2CC[C@@H](c3nc(C4CC4)n[nH]3)O2)c1C#N. The third kappa shape index (κ3) is 2.97. The molecule has 0 amide bonds. The number of hydrogen-bond donors (Lipinski definition) is 2. The van der Waals surface area contributed by atoms with Gasteiger partial charge in [0, 0.05) is 18.7 Å².